The Bertz CT molecular complexity index is 1070. The monoisotopic (exact) mass is 408 g/mol. The van der Waals surface area contributed by atoms with Gasteiger partial charge in [0, 0.05) is 44.0 Å². The van der Waals surface area contributed by atoms with Crippen molar-refractivity contribution < 1.29 is 14.2 Å². The van der Waals surface area contributed by atoms with Crippen molar-refractivity contribution in [3.05, 3.63) is 63.8 Å². The molecule has 3 heterocycles. The number of fused-ring (bicyclic) bond motifs is 1. The van der Waals surface area contributed by atoms with Crippen LogP contribution in [0.1, 0.15) is 16.8 Å². The van der Waals surface area contributed by atoms with Crippen LogP contribution < -0.4 is 19.8 Å². The summed E-state index contributed by atoms with van der Waals surface area (Å²) < 4.78 is 16.3. The SMILES string of the molecule is COc1cc(CN2CCc3nc(-c4cccnc4)[nH]c(=O)c3C2)cc(OC)c1OC. The third kappa shape index (κ3) is 3.86. The van der Waals surface area contributed by atoms with Crippen molar-refractivity contribution >= 4 is 0 Å². The molecule has 0 spiro atoms. The molecule has 0 atom stereocenters. The number of hydrogen-bond donors (Lipinski definition) is 1. The molecule has 0 radical (unpaired) electrons. The smallest absolute Gasteiger partial charge is 0.255 e. The van der Waals surface area contributed by atoms with Crippen molar-refractivity contribution in [2.75, 3.05) is 27.9 Å². The van der Waals surface area contributed by atoms with Crippen molar-refractivity contribution in [2.24, 2.45) is 0 Å². The Kier molecular flexibility index (Phi) is 5.67. The van der Waals surface area contributed by atoms with Gasteiger partial charge in [0.25, 0.3) is 5.56 Å². The van der Waals surface area contributed by atoms with Crippen molar-refractivity contribution in [3.8, 4) is 28.6 Å². The molecule has 0 amide bonds. The van der Waals surface area contributed by atoms with Crippen molar-refractivity contribution in [3.63, 3.8) is 0 Å². The van der Waals surface area contributed by atoms with Gasteiger partial charge in [0.1, 0.15) is 5.82 Å². The molecule has 30 heavy (non-hydrogen) atoms. The van der Waals surface area contributed by atoms with E-state index in [1.165, 1.54) is 0 Å². The van der Waals surface area contributed by atoms with E-state index in [4.69, 9.17) is 14.2 Å². The maximum atomic E-state index is 12.7. The van der Waals surface area contributed by atoms with E-state index in [-0.39, 0.29) is 5.56 Å². The highest BCUT2D eigenvalue weighted by Crippen LogP contribution is 2.38. The molecule has 1 aliphatic rings. The predicted octanol–water partition coefficient (Wildman–Crippen LogP) is 2.42. The minimum atomic E-state index is -0.103. The summed E-state index contributed by atoms with van der Waals surface area (Å²) >= 11 is 0. The molecule has 0 unspecified atom stereocenters. The molecule has 2 aromatic heterocycles. The number of nitrogens with zero attached hydrogens (tertiary/aromatic N) is 3. The number of methoxy groups -OCH3 is 3. The lowest BCUT2D eigenvalue weighted by molar-refractivity contribution is 0.240. The van der Waals surface area contributed by atoms with E-state index in [2.05, 4.69) is 19.9 Å². The highest BCUT2D eigenvalue weighted by molar-refractivity contribution is 5.54. The normalized spacial score (nSPS) is 13.6. The molecule has 156 valence electrons. The second-order valence-electron chi connectivity index (χ2n) is 7.08. The Morgan fingerprint density at radius 1 is 1.13 bits per heavy atom. The Morgan fingerprint density at radius 3 is 2.53 bits per heavy atom. The average molecular weight is 408 g/mol. The predicted molar refractivity (Wildman–Crippen MR) is 112 cm³/mol. The summed E-state index contributed by atoms with van der Waals surface area (Å²) in [5.41, 5.74) is 3.27. The lowest BCUT2D eigenvalue weighted by atomic mass is 10.1. The first-order valence-corrected chi connectivity index (χ1v) is 9.66. The van der Waals surface area contributed by atoms with E-state index in [9.17, 15) is 4.79 Å². The zero-order valence-electron chi connectivity index (χ0n) is 17.3. The summed E-state index contributed by atoms with van der Waals surface area (Å²) in [6, 6.07) is 7.58. The second-order valence-corrected chi connectivity index (χ2v) is 7.08. The third-order valence-electron chi connectivity index (χ3n) is 5.21. The molecule has 8 nitrogen and oxygen atoms in total. The maximum absolute atomic E-state index is 12.7. The second kappa shape index (κ2) is 8.54. The number of benzene rings is 1. The quantitative estimate of drug-likeness (QED) is 0.670. The van der Waals surface area contributed by atoms with Gasteiger partial charge in [-0.25, -0.2) is 4.98 Å². The van der Waals surface area contributed by atoms with Crippen molar-refractivity contribution in [1.82, 2.24) is 19.9 Å². The molecule has 0 aliphatic carbocycles. The summed E-state index contributed by atoms with van der Waals surface area (Å²) in [6.07, 6.45) is 4.10. The van der Waals surface area contributed by atoms with E-state index < -0.39 is 0 Å². The standard InChI is InChI=1S/C22H24N4O4/c1-28-18-9-14(10-19(29-2)20(18)30-3)12-26-8-6-17-16(13-26)22(27)25-21(24-17)15-5-4-7-23-11-15/h4-5,7,9-11H,6,8,12-13H2,1-3H3,(H,24,25,27). The summed E-state index contributed by atoms with van der Waals surface area (Å²) in [6.45, 7) is 1.98. The number of pyridine rings is 1. The molecule has 0 saturated heterocycles. The summed E-state index contributed by atoms with van der Waals surface area (Å²) in [7, 11) is 4.78. The number of H-pyrrole nitrogens is 1. The largest absolute Gasteiger partial charge is 0.493 e. The van der Waals surface area contributed by atoms with Gasteiger partial charge < -0.3 is 19.2 Å². The molecule has 0 bridgehead atoms. The molecule has 1 aliphatic heterocycles. The Hall–Kier alpha value is -3.39. The van der Waals surface area contributed by atoms with Crippen LogP contribution in [-0.2, 0) is 19.5 Å². The maximum Gasteiger partial charge on any atom is 0.255 e. The Labute approximate surface area is 174 Å². The number of rotatable bonds is 6. The van der Waals surface area contributed by atoms with Gasteiger partial charge in [0.05, 0.1) is 32.6 Å². The zero-order valence-corrected chi connectivity index (χ0v) is 17.3. The van der Waals surface area contributed by atoms with Crippen LogP contribution in [0.15, 0.2) is 41.5 Å². The first-order chi connectivity index (χ1) is 14.6. The topological polar surface area (TPSA) is 89.6 Å². The summed E-state index contributed by atoms with van der Waals surface area (Å²) in [5, 5.41) is 0. The van der Waals surface area contributed by atoms with Crippen LogP contribution in [0.4, 0.5) is 0 Å². The fraction of sp³-hybridized carbons (Fsp3) is 0.318. The molecule has 0 fully saturated rings. The van der Waals surface area contributed by atoms with E-state index >= 15 is 0 Å². The molecule has 4 rings (SSSR count). The fourth-order valence-corrected chi connectivity index (χ4v) is 3.74. The van der Waals surface area contributed by atoms with Gasteiger partial charge >= 0.3 is 0 Å². The fourth-order valence-electron chi connectivity index (χ4n) is 3.74. The van der Waals surface area contributed by atoms with Crippen LogP contribution in [0.3, 0.4) is 0 Å². The summed E-state index contributed by atoms with van der Waals surface area (Å²) in [4.78, 5) is 26.6. The number of hydrogen-bond acceptors (Lipinski definition) is 7. The van der Waals surface area contributed by atoms with Crippen LogP contribution in [0, 0.1) is 0 Å². The van der Waals surface area contributed by atoms with Crippen molar-refractivity contribution in [1.29, 1.82) is 0 Å². The van der Waals surface area contributed by atoms with Crippen LogP contribution >= 0.6 is 0 Å². The van der Waals surface area contributed by atoms with E-state index in [0.29, 0.717) is 48.1 Å². The first-order valence-electron chi connectivity index (χ1n) is 9.66. The average Bonchev–Trinajstić information content (AvgIpc) is 2.79. The molecule has 1 N–H and O–H groups in total. The van der Waals surface area contributed by atoms with E-state index in [1.54, 1.807) is 33.7 Å². The molecular weight excluding hydrogens is 384 g/mol. The van der Waals surface area contributed by atoms with Gasteiger partial charge in [-0.05, 0) is 29.8 Å². The molecule has 8 heteroatoms. The van der Waals surface area contributed by atoms with Gasteiger partial charge in [-0.2, -0.15) is 0 Å². The highest BCUT2D eigenvalue weighted by atomic mass is 16.5. The van der Waals surface area contributed by atoms with E-state index in [0.717, 1.165) is 23.4 Å². The third-order valence-corrected chi connectivity index (χ3v) is 5.21. The Morgan fingerprint density at radius 2 is 1.90 bits per heavy atom. The molecule has 3 aromatic rings. The highest BCUT2D eigenvalue weighted by Gasteiger charge is 2.23. The molecule has 0 saturated carbocycles. The number of aromatic nitrogens is 3. The number of ether oxygens (including phenoxy) is 3. The Balaban J connectivity index is 1.58. The van der Waals surface area contributed by atoms with E-state index in [1.807, 2.05) is 24.3 Å². The summed E-state index contributed by atoms with van der Waals surface area (Å²) in [5.74, 6) is 2.36. The minimum absolute atomic E-state index is 0.103. The number of nitrogens with one attached hydrogen (secondary N) is 1. The van der Waals surface area contributed by atoms with Gasteiger partial charge in [0.2, 0.25) is 5.75 Å². The van der Waals surface area contributed by atoms with Gasteiger partial charge in [-0.3, -0.25) is 14.7 Å². The van der Waals surface area contributed by atoms with Crippen LogP contribution in [0.2, 0.25) is 0 Å². The van der Waals surface area contributed by atoms with Crippen LogP contribution in [0.5, 0.6) is 17.2 Å². The number of aromatic amines is 1. The molecule has 1 aromatic carbocycles. The van der Waals surface area contributed by atoms with Gasteiger partial charge in [-0.1, -0.05) is 0 Å². The zero-order chi connectivity index (χ0) is 21.1. The lowest BCUT2D eigenvalue weighted by Gasteiger charge is -2.28. The first kappa shape index (κ1) is 19.9. The lowest BCUT2D eigenvalue weighted by Crippen LogP contribution is -2.35. The minimum Gasteiger partial charge on any atom is -0.493 e. The van der Waals surface area contributed by atoms with Gasteiger partial charge in [-0.15, -0.1) is 0 Å². The van der Waals surface area contributed by atoms with Crippen molar-refractivity contribution in [2.45, 2.75) is 19.5 Å². The van der Waals surface area contributed by atoms with Gasteiger partial charge in [0.15, 0.2) is 11.5 Å². The van der Waals surface area contributed by atoms with Crippen LogP contribution in [0.25, 0.3) is 11.4 Å². The van der Waals surface area contributed by atoms with Crippen LogP contribution in [-0.4, -0.2) is 47.7 Å². The molecular formula is C22H24N4O4.